The quantitative estimate of drug-likeness (QED) is 0.391. The fraction of sp³-hybridized carbons (Fsp3) is 0.364. The van der Waals surface area contributed by atoms with Crippen LogP contribution in [0.25, 0.3) is 0 Å². The minimum absolute atomic E-state index is 0.0742. The van der Waals surface area contributed by atoms with Crippen LogP contribution in [0, 0.1) is 0 Å². The lowest BCUT2D eigenvalue weighted by Crippen LogP contribution is -2.40. The van der Waals surface area contributed by atoms with Crippen molar-refractivity contribution in [3.05, 3.63) is 65.7 Å². The summed E-state index contributed by atoms with van der Waals surface area (Å²) in [4.78, 5) is 16.5. The fourth-order valence-electron chi connectivity index (χ4n) is 2.50. The Bertz CT molecular complexity index is 783. The van der Waals surface area contributed by atoms with Gasteiger partial charge in [-0.2, -0.15) is 0 Å². The predicted molar refractivity (Wildman–Crippen MR) is 114 cm³/mol. The first-order valence-corrected chi connectivity index (χ1v) is 9.41. The van der Waals surface area contributed by atoms with E-state index in [1.807, 2.05) is 75.4 Å². The standard InChI is InChI=1S/C22H30N4O2/c1-22(2,3)26-20(27)18-10-8-9-17(15-18)16-25-21(23-4)24-13-14-28-19-11-6-5-7-12-19/h5-12,15H,13-14,16H2,1-4H3,(H,26,27)(H2,23,24,25). The van der Waals surface area contributed by atoms with Crippen molar-refractivity contribution in [2.45, 2.75) is 32.9 Å². The van der Waals surface area contributed by atoms with E-state index in [4.69, 9.17) is 4.74 Å². The zero-order valence-corrected chi connectivity index (χ0v) is 17.1. The summed E-state index contributed by atoms with van der Waals surface area (Å²) in [5.74, 6) is 1.45. The van der Waals surface area contributed by atoms with Gasteiger partial charge in [0.05, 0.1) is 6.54 Å². The first-order chi connectivity index (χ1) is 13.4. The molecule has 0 aliphatic rings. The van der Waals surface area contributed by atoms with Gasteiger partial charge in [0.2, 0.25) is 0 Å². The van der Waals surface area contributed by atoms with Crippen LogP contribution in [0.2, 0.25) is 0 Å². The molecule has 0 bridgehead atoms. The second-order valence-electron chi connectivity index (χ2n) is 7.42. The Balaban J connectivity index is 1.79. The highest BCUT2D eigenvalue weighted by Gasteiger charge is 2.15. The van der Waals surface area contributed by atoms with Crippen LogP contribution in [0.15, 0.2) is 59.6 Å². The molecule has 0 radical (unpaired) electrons. The van der Waals surface area contributed by atoms with Gasteiger partial charge >= 0.3 is 0 Å². The van der Waals surface area contributed by atoms with Crippen molar-refractivity contribution in [2.75, 3.05) is 20.2 Å². The number of benzene rings is 2. The minimum atomic E-state index is -0.265. The number of carbonyl (C=O) groups is 1. The molecule has 1 amide bonds. The van der Waals surface area contributed by atoms with E-state index in [9.17, 15) is 4.79 Å². The van der Waals surface area contributed by atoms with E-state index in [0.717, 1.165) is 11.3 Å². The van der Waals surface area contributed by atoms with Gasteiger partial charge in [-0.05, 0) is 50.6 Å². The maximum absolute atomic E-state index is 12.3. The Morgan fingerprint density at radius 3 is 2.46 bits per heavy atom. The Labute approximate surface area is 167 Å². The van der Waals surface area contributed by atoms with Crippen molar-refractivity contribution in [2.24, 2.45) is 4.99 Å². The number of hydrogen-bond donors (Lipinski definition) is 3. The van der Waals surface area contributed by atoms with Crippen molar-refractivity contribution in [3.63, 3.8) is 0 Å². The van der Waals surface area contributed by atoms with E-state index >= 15 is 0 Å². The third-order valence-corrected chi connectivity index (χ3v) is 3.77. The summed E-state index contributed by atoms with van der Waals surface area (Å²) in [6, 6.07) is 17.3. The number of guanidine groups is 1. The average Bonchev–Trinajstić information content (AvgIpc) is 2.67. The van der Waals surface area contributed by atoms with Gasteiger partial charge in [-0.3, -0.25) is 9.79 Å². The summed E-state index contributed by atoms with van der Waals surface area (Å²) < 4.78 is 5.66. The van der Waals surface area contributed by atoms with Crippen molar-refractivity contribution in [3.8, 4) is 5.75 Å². The maximum Gasteiger partial charge on any atom is 0.251 e. The molecular weight excluding hydrogens is 352 g/mol. The maximum atomic E-state index is 12.3. The van der Waals surface area contributed by atoms with E-state index in [2.05, 4.69) is 20.9 Å². The number of ether oxygens (including phenoxy) is 1. The first kappa shape index (κ1) is 21.3. The van der Waals surface area contributed by atoms with Gasteiger partial charge in [0.1, 0.15) is 12.4 Å². The van der Waals surface area contributed by atoms with Crippen LogP contribution in [0.5, 0.6) is 5.75 Å². The molecule has 0 spiro atoms. The van der Waals surface area contributed by atoms with Crippen LogP contribution in [0.3, 0.4) is 0 Å². The van der Waals surface area contributed by atoms with Crippen LogP contribution < -0.4 is 20.7 Å². The van der Waals surface area contributed by atoms with Gasteiger partial charge in [0.15, 0.2) is 5.96 Å². The SMILES string of the molecule is CN=C(NCCOc1ccccc1)NCc1cccc(C(=O)NC(C)(C)C)c1. The van der Waals surface area contributed by atoms with Gasteiger partial charge in [-0.1, -0.05) is 30.3 Å². The number of para-hydroxylation sites is 1. The smallest absolute Gasteiger partial charge is 0.251 e. The highest BCUT2D eigenvalue weighted by Crippen LogP contribution is 2.09. The van der Waals surface area contributed by atoms with Crippen LogP contribution in [-0.2, 0) is 6.54 Å². The third-order valence-electron chi connectivity index (χ3n) is 3.77. The van der Waals surface area contributed by atoms with Gasteiger partial charge in [-0.15, -0.1) is 0 Å². The Hall–Kier alpha value is -3.02. The van der Waals surface area contributed by atoms with Gasteiger partial charge in [0, 0.05) is 24.7 Å². The number of nitrogens with zero attached hydrogens (tertiary/aromatic N) is 1. The first-order valence-electron chi connectivity index (χ1n) is 9.41. The van der Waals surface area contributed by atoms with Crippen molar-refractivity contribution < 1.29 is 9.53 Å². The normalized spacial score (nSPS) is 11.6. The number of carbonyl (C=O) groups excluding carboxylic acids is 1. The molecule has 6 nitrogen and oxygen atoms in total. The highest BCUT2D eigenvalue weighted by molar-refractivity contribution is 5.94. The zero-order chi connectivity index (χ0) is 20.4. The number of rotatable bonds is 7. The largest absolute Gasteiger partial charge is 0.492 e. The summed E-state index contributed by atoms with van der Waals surface area (Å²) in [7, 11) is 1.72. The Morgan fingerprint density at radius 2 is 1.79 bits per heavy atom. The number of hydrogen-bond acceptors (Lipinski definition) is 3. The van der Waals surface area contributed by atoms with Gasteiger partial charge in [-0.25, -0.2) is 0 Å². The lowest BCUT2D eigenvalue weighted by Gasteiger charge is -2.20. The highest BCUT2D eigenvalue weighted by atomic mass is 16.5. The molecular formula is C22H30N4O2. The lowest BCUT2D eigenvalue weighted by atomic mass is 10.1. The molecule has 0 fully saturated rings. The third kappa shape index (κ3) is 7.70. The molecule has 0 atom stereocenters. The van der Waals surface area contributed by atoms with Crippen molar-refractivity contribution in [1.82, 2.24) is 16.0 Å². The van der Waals surface area contributed by atoms with Crippen molar-refractivity contribution in [1.29, 1.82) is 0 Å². The van der Waals surface area contributed by atoms with E-state index in [0.29, 0.717) is 31.2 Å². The van der Waals surface area contributed by atoms with Crippen molar-refractivity contribution >= 4 is 11.9 Å². The minimum Gasteiger partial charge on any atom is -0.492 e. The molecule has 2 rings (SSSR count). The van der Waals surface area contributed by atoms with Crippen LogP contribution in [0.1, 0.15) is 36.7 Å². The number of aliphatic imine (C=N–C) groups is 1. The molecule has 2 aromatic carbocycles. The van der Waals surface area contributed by atoms with E-state index < -0.39 is 0 Å². The lowest BCUT2D eigenvalue weighted by molar-refractivity contribution is 0.0919. The monoisotopic (exact) mass is 382 g/mol. The summed E-state index contributed by atoms with van der Waals surface area (Å²) in [5, 5.41) is 9.44. The molecule has 0 aromatic heterocycles. The summed E-state index contributed by atoms with van der Waals surface area (Å²) in [5.41, 5.74) is 1.39. The van der Waals surface area contributed by atoms with Gasteiger partial charge < -0.3 is 20.7 Å². The predicted octanol–water partition coefficient (Wildman–Crippen LogP) is 2.96. The van der Waals surface area contributed by atoms with Crippen LogP contribution in [0.4, 0.5) is 0 Å². The molecule has 6 heteroatoms. The summed E-state index contributed by atoms with van der Waals surface area (Å²) in [6.45, 7) is 7.63. The average molecular weight is 383 g/mol. The topological polar surface area (TPSA) is 74.8 Å². The van der Waals surface area contributed by atoms with Gasteiger partial charge in [0.25, 0.3) is 5.91 Å². The van der Waals surface area contributed by atoms with E-state index in [1.165, 1.54) is 0 Å². The Morgan fingerprint density at radius 1 is 1.04 bits per heavy atom. The molecule has 0 aliphatic carbocycles. The van der Waals surface area contributed by atoms with Crippen LogP contribution >= 0.6 is 0 Å². The molecule has 0 unspecified atom stereocenters. The van der Waals surface area contributed by atoms with E-state index in [1.54, 1.807) is 7.05 Å². The molecule has 2 aromatic rings. The summed E-state index contributed by atoms with van der Waals surface area (Å²) in [6.07, 6.45) is 0. The second kappa shape index (κ2) is 10.3. The molecule has 28 heavy (non-hydrogen) atoms. The van der Waals surface area contributed by atoms with E-state index in [-0.39, 0.29) is 11.4 Å². The zero-order valence-electron chi connectivity index (χ0n) is 17.1. The molecule has 150 valence electrons. The molecule has 0 saturated carbocycles. The number of nitrogens with one attached hydrogen (secondary N) is 3. The molecule has 0 aliphatic heterocycles. The molecule has 0 heterocycles. The molecule has 3 N–H and O–H groups in total. The van der Waals surface area contributed by atoms with Crippen LogP contribution in [-0.4, -0.2) is 37.6 Å². The second-order valence-corrected chi connectivity index (χ2v) is 7.42. The molecule has 0 saturated heterocycles. The summed E-state index contributed by atoms with van der Waals surface area (Å²) >= 11 is 0. The Kier molecular flexibility index (Phi) is 7.87. The number of amides is 1. The fourth-order valence-corrected chi connectivity index (χ4v) is 2.50.